The van der Waals surface area contributed by atoms with Crippen LogP contribution in [0.1, 0.15) is 6.92 Å². The molecule has 1 N–H and O–H groups in total. The van der Waals surface area contributed by atoms with Crippen LogP contribution in [0.15, 0.2) is 0 Å². The Labute approximate surface area is 43.4 Å². The SMILES string of the molecule is CCO.[O]=[Ag]. The van der Waals surface area contributed by atoms with Crippen LogP contribution in [0, 0.1) is 0 Å². The number of rotatable bonds is 0. The van der Waals surface area contributed by atoms with Crippen LogP contribution >= 0.6 is 0 Å². The Morgan fingerprint density at radius 2 is 1.80 bits per heavy atom. The monoisotopic (exact) mass is 169 g/mol. The molecule has 5 heavy (non-hydrogen) atoms. The molecule has 3 heteroatoms. The predicted octanol–water partition coefficient (Wildman–Crippen LogP) is -0.123. The summed E-state index contributed by atoms with van der Waals surface area (Å²) in [6.07, 6.45) is 0. The third-order valence-electron chi connectivity index (χ3n) is 0. The first-order valence-electron chi connectivity index (χ1n) is 1.15. The van der Waals surface area contributed by atoms with Crippen molar-refractivity contribution in [3.05, 3.63) is 0 Å². The van der Waals surface area contributed by atoms with Gasteiger partial charge in [-0.1, -0.05) is 0 Å². The molecule has 0 amide bonds. The van der Waals surface area contributed by atoms with Crippen molar-refractivity contribution in [3.8, 4) is 0 Å². The van der Waals surface area contributed by atoms with Gasteiger partial charge in [0.1, 0.15) is 0 Å². The van der Waals surface area contributed by atoms with Gasteiger partial charge >= 0.3 is 24.3 Å². The van der Waals surface area contributed by atoms with Crippen molar-refractivity contribution in [2.75, 3.05) is 6.61 Å². The van der Waals surface area contributed by atoms with Crippen LogP contribution in [0.5, 0.6) is 0 Å². The Hall–Kier alpha value is 0.500. The van der Waals surface area contributed by atoms with Crippen molar-refractivity contribution in [3.63, 3.8) is 0 Å². The molecular weight excluding hydrogens is 164 g/mol. The first-order chi connectivity index (χ1) is 2.41. The van der Waals surface area contributed by atoms with E-state index in [2.05, 4.69) is 0 Å². The van der Waals surface area contributed by atoms with E-state index < -0.39 is 0 Å². The van der Waals surface area contributed by atoms with Crippen LogP contribution in [0.3, 0.4) is 0 Å². The zero-order valence-electron chi connectivity index (χ0n) is 2.86. The Morgan fingerprint density at radius 1 is 1.80 bits per heavy atom. The van der Waals surface area contributed by atoms with E-state index in [4.69, 9.17) is 8.36 Å². The third-order valence-corrected chi connectivity index (χ3v) is 0. The van der Waals surface area contributed by atoms with E-state index >= 15 is 0 Å². The normalized spacial score (nSPS) is 4.80. The van der Waals surface area contributed by atoms with Crippen LogP contribution in [0.2, 0.25) is 0 Å². The van der Waals surface area contributed by atoms with Gasteiger partial charge in [-0.3, -0.25) is 0 Å². The van der Waals surface area contributed by atoms with Crippen molar-refractivity contribution >= 4 is 0 Å². The van der Waals surface area contributed by atoms with Crippen LogP contribution in [-0.2, 0) is 24.3 Å². The van der Waals surface area contributed by atoms with Gasteiger partial charge in [-0.15, -0.1) is 0 Å². The zero-order chi connectivity index (χ0) is 4.71. The molecule has 0 aromatic carbocycles. The second-order valence-corrected chi connectivity index (χ2v) is 0.316. The Morgan fingerprint density at radius 3 is 1.80 bits per heavy atom. The summed E-state index contributed by atoms with van der Waals surface area (Å²) in [6, 6.07) is 0. The standard InChI is InChI=1S/C2H6O.Ag.O/c1-2-3;;/h3H,2H2,1H3;;. The number of aliphatic hydroxyl groups excluding tert-OH is 1. The van der Waals surface area contributed by atoms with Gasteiger partial charge in [-0.05, 0) is 6.92 Å². The van der Waals surface area contributed by atoms with E-state index in [-0.39, 0.29) is 6.61 Å². The summed E-state index contributed by atoms with van der Waals surface area (Å²) >= 11 is 1.70. The van der Waals surface area contributed by atoms with Gasteiger partial charge in [0.2, 0.25) is 0 Å². The fraction of sp³-hybridized carbons (Fsp3) is 1.00. The maximum atomic E-state index is 8.06. The summed E-state index contributed by atoms with van der Waals surface area (Å²) in [5, 5.41) is 7.57. The molecule has 0 unspecified atom stereocenters. The van der Waals surface area contributed by atoms with Gasteiger partial charge in [-0.25, -0.2) is 0 Å². The molecule has 0 heterocycles. The summed E-state index contributed by atoms with van der Waals surface area (Å²) in [4.78, 5) is 0. The fourth-order valence-corrected chi connectivity index (χ4v) is 0. The number of hydrogen-bond acceptors (Lipinski definition) is 2. The molecule has 0 aliphatic rings. The van der Waals surface area contributed by atoms with E-state index in [1.165, 1.54) is 0 Å². The molecule has 0 fully saturated rings. The number of aliphatic hydroxyl groups is 1. The second kappa shape index (κ2) is 24.5. The van der Waals surface area contributed by atoms with Crippen LogP contribution in [0.4, 0.5) is 0 Å². The first-order valence-corrected chi connectivity index (χ1v) is 1.75. The first kappa shape index (κ1) is 9.09. The van der Waals surface area contributed by atoms with Crippen LogP contribution < -0.4 is 0 Å². The zero-order valence-corrected chi connectivity index (χ0v) is 4.35. The van der Waals surface area contributed by atoms with Crippen molar-refractivity contribution in [2.45, 2.75) is 6.92 Å². The summed E-state index contributed by atoms with van der Waals surface area (Å²) in [6.45, 7) is 1.93. The molecule has 0 aromatic heterocycles. The molecule has 0 atom stereocenters. The topological polar surface area (TPSA) is 37.3 Å². The minimum atomic E-state index is 0.250. The van der Waals surface area contributed by atoms with Crippen LogP contribution in [0.25, 0.3) is 0 Å². The molecule has 0 radical (unpaired) electrons. The Kier molecular flexibility index (Phi) is 44.5. The van der Waals surface area contributed by atoms with Gasteiger partial charge in [0.15, 0.2) is 0 Å². The van der Waals surface area contributed by atoms with Crippen LogP contribution in [-0.4, -0.2) is 11.7 Å². The van der Waals surface area contributed by atoms with E-state index in [1.807, 2.05) is 0 Å². The average molecular weight is 170 g/mol. The van der Waals surface area contributed by atoms with Crippen molar-refractivity contribution < 1.29 is 29.4 Å². The van der Waals surface area contributed by atoms with Gasteiger partial charge in [0.25, 0.3) is 0 Å². The third kappa shape index (κ3) is 112. The predicted molar refractivity (Wildman–Crippen MR) is 13.4 cm³/mol. The Balaban J connectivity index is 0. The average Bonchev–Trinajstić information content (AvgIpc) is 1.46. The summed E-state index contributed by atoms with van der Waals surface area (Å²) in [5.74, 6) is 0. The molecule has 0 saturated carbocycles. The fourth-order valence-electron chi connectivity index (χ4n) is 0. The summed E-state index contributed by atoms with van der Waals surface area (Å²) < 4.78 is 8.06. The molecule has 37 valence electrons. The second-order valence-electron chi connectivity index (χ2n) is 0.316. The van der Waals surface area contributed by atoms with Gasteiger partial charge in [0.05, 0.1) is 0 Å². The molecule has 0 aromatic rings. The van der Waals surface area contributed by atoms with E-state index in [0.29, 0.717) is 0 Å². The molecule has 0 aliphatic heterocycles. The van der Waals surface area contributed by atoms with Crippen molar-refractivity contribution in [1.82, 2.24) is 0 Å². The number of hydrogen-bond donors (Lipinski definition) is 1. The van der Waals surface area contributed by atoms with E-state index in [1.54, 1.807) is 28.0 Å². The van der Waals surface area contributed by atoms with Crippen molar-refractivity contribution in [2.24, 2.45) is 0 Å². The maximum absolute atomic E-state index is 8.06. The summed E-state index contributed by atoms with van der Waals surface area (Å²) in [5.41, 5.74) is 0. The van der Waals surface area contributed by atoms with Gasteiger partial charge in [0, 0.05) is 6.61 Å². The molecule has 2 nitrogen and oxygen atoms in total. The van der Waals surface area contributed by atoms with Crippen molar-refractivity contribution in [1.29, 1.82) is 0 Å². The molecule has 0 aliphatic carbocycles. The summed E-state index contributed by atoms with van der Waals surface area (Å²) in [7, 11) is 0. The van der Waals surface area contributed by atoms with E-state index in [9.17, 15) is 0 Å². The molecule has 0 rings (SSSR count). The Bertz CT molecular complexity index is 11.6. The minimum absolute atomic E-state index is 0.250. The molecular formula is C2H6AgO2. The van der Waals surface area contributed by atoms with E-state index in [0.717, 1.165) is 0 Å². The molecule has 0 saturated heterocycles. The van der Waals surface area contributed by atoms with Gasteiger partial charge in [-0.2, -0.15) is 0 Å². The molecule has 0 bridgehead atoms. The molecule has 0 spiro atoms. The van der Waals surface area contributed by atoms with Gasteiger partial charge < -0.3 is 5.11 Å². The quantitative estimate of drug-likeness (QED) is 0.514.